The van der Waals surface area contributed by atoms with Gasteiger partial charge in [0, 0.05) is 0 Å². The van der Waals surface area contributed by atoms with Crippen molar-refractivity contribution < 1.29 is 21.7 Å². The third kappa shape index (κ3) is 45.9. The molecule has 0 N–H and O–H groups in total. The van der Waals surface area contributed by atoms with E-state index in [-0.39, 0.29) is 21.7 Å². The van der Waals surface area contributed by atoms with E-state index in [1.807, 2.05) is 91.9 Å². The summed E-state index contributed by atoms with van der Waals surface area (Å²) in [5.74, 6) is 0. The second-order valence-corrected chi connectivity index (χ2v) is 4.08. The van der Waals surface area contributed by atoms with Crippen LogP contribution in [0.15, 0.2) is 11.1 Å². The van der Waals surface area contributed by atoms with Crippen LogP contribution in [0, 0.1) is 77.4 Å². The first-order valence-corrected chi connectivity index (χ1v) is 5.91. The molecule has 2 aliphatic carbocycles. The normalized spacial score (nSPS) is 15.4. The van der Waals surface area contributed by atoms with Crippen molar-refractivity contribution in [2.75, 3.05) is 0 Å². The van der Waals surface area contributed by atoms with Gasteiger partial charge in [-0.3, -0.25) is 11.1 Å². The Kier molecular flexibility index (Phi) is 26.2. The molecule has 0 unspecified atom stereocenters. The third-order valence-corrected chi connectivity index (χ3v) is 1.11. The SMILES string of the molecule is [CH-]=C(C)C.[CH-]=C(C)C.[CH]1[CH][CH][CH][CH]1.[CH]1[CH][CH][CH][CH]1.[Ti+4]. The molecule has 0 aromatic heterocycles. The van der Waals surface area contributed by atoms with Crippen molar-refractivity contribution in [2.24, 2.45) is 0 Å². The van der Waals surface area contributed by atoms with Gasteiger partial charge in [0.1, 0.15) is 0 Å². The number of rotatable bonds is 0. The van der Waals surface area contributed by atoms with Gasteiger partial charge in [-0.2, -0.15) is 0 Å². The molecule has 0 heterocycles. The number of hydrogen-bond acceptors (Lipinski definition) is 0. The van der Waals surface area contributed by atoms with E-state index in [2.05, 4.69) is 0 Å². The zero-order valence-corrected chi connectivity index (χ0v) is 14.0. The zero-order valence-electron chi connectivity index (χ0n) is 12.4. The summed E-state index contributed by atoms with van der Waals surface area (Å²) < 4.78 is 0. The van der Waals surface area contributed by atoms with Crippen molar-refractivity contribution in [3.8, 4) is 0 Å². The van der Waals surface area contributed by atoms with Gasteiger partial charge in [0.25, 0.3) is 0 Å². The molecule has 0 amide bonds. The molecule has 0 aliphatic heterocycles. The van der Waals surface area contributed by atoms with Gasteiger partial charge in [-0.05, 0) is 64.2 Å². The smallest absolute Gasteiger partial charge is 0.515 e. The molecule has 19 heavy (non-hydrogen) atoms. The molecule has 98 valence electrons. The molecule has 0 nitrogen and oxygen atoms in total. The molecule has 2 saturated carbocycles. The Balaban J connectivity index is -0.000000178. The average Bonchev–Trinajstić information content (AvgIpc) is 2.96. The maximum Gasteiger partial charge on any atom is 4.00 e. The zero-order chi connectivity index (χ0) is 14.2. The second-order valence-electron chi connectivity index (χ2n) is 4.08. The second kappa shape index (κ2) is 20.5. The molecule has 0 saturated heterocycles. The Labute approximate surface area is 138 Å². The number of allylic oxidation sites excluding steroid dienone is 2. The van der Waals surface area contributed by atoms with E-state index in [1.54, 1.807) is 0 Å². The van der Waals surface area contributed by atoms with E-state index in [1.165, 1.54) is 0 Å². The standard InChI is InChI=1S/2C5H5.2C4H7.Ti/c2*1-2-4-5-3-1;2*1-4(2)3;/h2*1-5H;2*1H,2-3H3;/q;;2*-1;+4. The van der Waals surface area contributed by atoms with Crippen LogP contribution in [0.1, 0.15) is 27.7 Å². The topological polar surface area (TPSA) is 0 Å². The first-order valence-electron chi connectivity index (χ1n) is 5.91. The van der Waals surface area contributed by atoms with E-state index in [9.17, 15) is 0 Å². The summed E-state index contributed by atoms with van der Waals surface area (Å²) in [6.45, 7) is 17.5. The van der Waals surface area contributed by atoms with Crippen LogP contribution in [-0.4, -0.2) is 0 Å². The molecule has 2 aliphatic rings. The van der Waals surface area contributed by atoms with Crippen LogP contribution < -0.4 is 0 Å². The summed E-state index contributed by atoms with van der Waals surface area (Å²) in [5, 5.41) is 0. The monoisotopic (exact) mass is 288 g/mol. The van der Waals surface area contributed by atoms with Gasteiger partial charge in [0.05, 0.1) is 0 Å². The van der Waals surface area contributed by atoms with E-state index in [0.717, 1.165) is 11.1 Å². The Morgan fingerprint density at radius 2 is 0.526 bits per heavy atom. The number of hydrogen-bond donors (Lipinski definition) is 0. The van der Waals surface area contributed by atoms with Gasteiger partial charge in [-0.15, -0.1) is 0 Å². The van der Waals surface area contributed by atoms with E-state index >= 15 is 0 Å². The predicted molar refractivity (Wildman–Crippen MR) is 81.3 cm³/mol. The van der Waals surface area contributed by atoms with Crippen molar-refractivity contribution in [2.45, 2.75) is 27.7 Å². The predicted octanol–water partition coefficient (Wildman–Crippen LogP) is 4.81. The maximum absolute atomic E-state index is 5.03. The molecule has 0 spiro atoms. The minimum absolute atomic E-state index is 0. The van der Waals surface area contributed by atoms with Crippen LogP contribution in [0.3, 0.4) is 0 Å². The average molecular weight is 288 g/mol. The van der Waals surface area contributed by atoms with Gasteiger partial charge in [0.2, 0.25) is 0 Å². The van der Waals surface area contributed by atoms with Gasteiger partial charge in [0.15, 0.2) is 0 Å². The molecular formula is C18H24Ti+2. The van der Waals surface area contributed by atoms with Crippen molar-refractivity contribution in [1.82, 2.24) is 0 Å². The molecule has 0 bridgehead atoms. The Morgan fingerprint density at radius 3 is 0.579 bits per heavy atom. The summed E-state index contributed by atoms with van der Waals surface area (Å²) in [5.41, 5.74) is 1.83. The van der Waals surface area contributed by atoms with E-state index < -0.39 is 0 Å². The van der Waals surface area contributed by atoms with Crippen LogP contribution in [0.25, 0.3) is 0 Å². The Morgan fingerprint density at radius 1 is 0.474 bits per heavy atom. The minimum Gasteiger partial charge on any atom is -0.515 e. The van der Waals surface area contributed by atoms with Crippen LogP contribution in [0.4, 0.5) is 0 Å². The van der Waals surface area contributed by atoms with Crippen LogP contribution >= 0.6 is 0 Å². The first kappa shape index (κ1) is 24.2. The van der Waals surface area contributed by atoms with Gasteiger partial charge < -0.3 is 13.2 Å². The third-order valence-electron chi connectivity index (χ3n) is 1.11. The summed E-state index contributed by atoms with van der Waals surface area (Å²) in [7, 11) is 0. The van der Waals surface area contributed by atoms with Crippen molar-refractivity contribution in [1.29, 1.82) is 0 Å². The maximum atomic E-state index is 5.03. The van der Waals surface area contributed by atoms with Crippen molar-refractivity contribution >= 4 is 0 Å². The molecule has 0 atom stereocenters. The molecule has 1 heteroatoms. The molecule has 0 aromatic carbocycles. The van der Waals surface area contributed by atoms with Crippen molar-refractivity contribution in [3.63, 3.8) is 0 Å². The molecule has 2 rings (SSSR count). The summed E-state index contributed by atoms with van der Waals surface area (Å²) in [6.07, 6.45) is 20.0. The van der Waals surface area contributed by atoms with E-state index in [0.29, 0.717) is 0 Å². The minimum atomic E-state index is 0. The van der Waals surface area contributed by atoms with Crippen molar-refractivity contribution in [3.05, 3.63) is 88.5 Å². The Bertz CT molecular complexity index is 141. The molecule has 10 radical (unpaired) electrons. The van der Waals surface area contributed by atoms with Crippen LogP contribution in [-0.2, 0) is 21.7 Å². The summed E-state index contributed by atoms with van der Waals surface area (Å²) >= 11 is 0. The fourth-order valence-electron chi connectivity index (χ4n) is 0.642. The van der Waals surface area contributed by atoms with Gasteiger partial charge in [-0.25, -0.2) is 0 Å². The first-order chi connectivity index (χ1) is 8.46. The van der Waals surface area contributed by atoms with Crippen LogP contribution in [0.2, 0.25) is 0 Å². The summed E-state index contributed by atoms with van der Waals surface area (Å²) in [6, 6.07) is 0. The molecule has 2 fully saturated rings. The van der Waals surface area contributed by atoms with E-state index in [4.69, 9.17) is 13.2 Å². The molecular weight excluding hydrogens is 264 g/mol. The Hall–Kier alpha value is 0.194. The quantitative estimate of drug-likeness (QED) is 0.443. The largest absolute Gasteiger partial charge is 4.00 e. The van der Waals surface area contributed by atoms with Gasteiger partial charge in [-0.1, -0.05) is 27.7 Å². The molecule has 0 aromatic rings. The fourth-order valence-corrected chi connectivity index (χ4v) is 0.642. The van der Waals surface area contributed by atoms with Crippen LogP contribution in [0.5, 0.6) is 0 Å². The summed E-state index contributed by atoms with van der Waals surface area (Å²) in [4.78, 5) is 0. The fraction of sp³-hybridized carbons (Fsp3) is 0.222. The van der Waals surface area contributed by atoms with Gasteiger partial charge >= 0.3 is 21.7 Å².